The Morgan fingerprint density at radius 1 is 1.59 bits per heavy atom. The summed E-state index contributed by atoms with van der Waals surface area (Å²) in [4.78, 5) is 11.5. The van der Waals surface area contributed by atoms with E-state index in [1.807, 2.05) is 6.07 Å². The fraction of sp³-hybridized carbons (Fsp3) is 0.0833. The Kier molecular flexibility index (Phi) is 4.80. The van der Waals surface area contributed by atoms with Gasteiger partial charge in [0, 0.05) is 10.7 Å². The quantitative estimate of drug-likeness (QED) is 0.626. The molecule has 8 nitrogen and oxygen atoms in total. The minimum Gasteiger partial charge on any atom is -0.465 e. The van der Waals surface area contributed by atoms with Gasteiger partial charge in [-0.2, -0.15) is 10.5 Å². The molecule has 0 bridgehead atoms. The van der Waals surface area contributed by atoms with Crippen molar-refractivity contribution in [3.8, 4) is 6.07 Å². The first-order valence-electron chi connectivity index (χ1n) is 5.74. The number of allylic oxidation sites excluding steroid dienone is 1. The number of hydrogen-bond acceptors (Lipinski definition) is 7. The highest BCUT2D eigenvalue weighted by Gasteiger charge is 2.17. The summed E-state index contributed by atoms with van der Waals surface area (Å²) in [5, 5.41) is 24.4. The Bertz CT molecular complexity index is 769. The molecule has 2 N–H and O–H groups in total. The van der Waals surface area contributed by atoms with Gasteiger partial charge in [-0.1, -0.05) is 15.9 Å². The van der Waals surface area contributed by atoms with E-state index in [0.717, 1.165) is 7.11 Å². The van der Waals surface area contributed by atoms with Crippen LogP contribution in [0.3, 0.4) is 0 Å². The van der Waals surface area contributed by atoms with Gasteiger partial charge in [-0.05, 0) is 17.3 Å². The Balaban J connectivity index is 2.36. The number of hydrogen-bond donors (Lipinski definition) is 2. The monoisotopic (exact) mass is 366 g/mol. The van der Waals surface area contributed by atoms with Gasteiger partial charge in [-0.15, -0.1) is 10.2 Å². The summed E-state index contributed by atoms with van der Waals surface area (Å²) in [6.07, 6.45) is 1.21. The number of halogens is 2. The molecule has 0 saturated carbocycles. The number of nitriles is 1. The molecule has 1 aromatic carbocycles. The zero-order valence-electron chi connectivity index (χ0n) is 11.1. The van der Waals surface area contributed by atoms with Crippen LogP contribution < -0.4 is 5.32 Å². The van der Waals surface area contributed by atoms with E-state index in [9.17, 15) is 9.18 Å². The molecule has 0 radical (unpaired) electrons. The van der Waals surface area contributed by atoms with E-state index in [2.05, 4.69) is 46.6 Å². The van der Waals surface area contributed by atoms with Crippen LogP contribution in [0.4, 0.5) is 10.1 Å². The minimum atomic E-state index is -0.815. The van der Waals surface area contributed by atoms with Gasteiger partial charge in [-0.25, -0.2) is 9.18 Å². The predicted molar refractivity (Wildman–Crippen MR) is 76.8 cm³/mol. The van der Waals surface area contributed by atoms with Crippen LogP contribution in [0.25, 0.3) is 5.57 Å². The maximum Gasteiger partial charge on any atom is 0.340 e. The summed E-state index contributed by atoms with van der Waals surface area (Å²) in [6, 6.07) is 4.54. The summed E-state index contributed by atoms with van der Waals surface area (Å²) in [5.74, 6) is -1.57. The van der Waals surface area contributed by atoms with Crippen molar-refractivity contribution in [3.63, 3.8) is 0 Å². The average Bonchev–Trinajstić information content (AvgIpc) is 3.04. The van der Waals surface area contributed by atoms with Crippen LogP contribution in [0.1, 0.15) is 16.2 Å². The summed E-state index contributed by atoms with van der Waals surface area (Å²) in [5.41, 5.74) is -0.232. The lowest BCUT2D eigenvalue weighted by Crippen LogP contribution is -2.07. The van der Waals surface area contributed by atoms with E-state index >= 15 is 0 Å². The number of esters is 1. The van der Waals surface area contributed by atoms with Crippen LogP contribution in [0.2, 0.25) is 0 Å². The number of H-pyrrole nitrogens is 1. The normalized spacial score (nSPS) is 10.9. The standard InChI is InChI=1S/C12H8BrFN6O2/c1-22-12(21)8-2-7(13)3-9(10(8)14)16-5-6(4-15)11-17-19-20-18-11/h2-3,5,16H,1H3,(H,17,18,19,20). The number of ether oxygens (including phenoxy) is 1. The molecule has 1 heterocycles. The number of nitrogens with one attached hydrogen (secondary N) is 2. The van der Waals surface area contributed by atoms with Crippen molar-refractivity contribution in [1.29, 1.82) is 5.26 Å². The number of carbonyl (C=O) groups excluding carboxylic acids is 1. The summed E-state index contributed by atoms with van der Waals surface area (Å²) in [7, 11) is 1.15. The van der Waals surface area contributed by atoms with E-state index < -0.39 is 11.8 Å². The highest BCUT2D eigenvalue weighted by atomic mass is 79.9. The Morgan fingerprint density at radius 3 is 2.95 bits per heavy atom. The third-order valence-electron chi connectivity index (χ3n) is 2.52. The Hall–Kier alpha value is -2.80. The second-order valence-corrected chi connectivity index (χ2v) is 4.77. The van der Waals surface area contributed by atoms with Crippen LogP contribution >= 0.6 is 15.9 Å². The highest BCUT2D eigenvalue weighted by Crippen LogP contribution is 2.25. The number of benzene rings is 1. The van der Waals surface area contributed by atoms with E-state index in [0.29, 0.717) is 4.47 Å². The van der Waals surface area contributed by atoms with Crippen LogP contribution in [-0.2, 0) is 4.74 Å². The lowest BCUT2D eigenvalue weighted by atomic mass is 10.2. The van der Waals surface area contributed by atoms with Crippen molar-refractivity contribution in [2.75, 3.05) is 12.4 Å². The van der Waals surface area contributed by atoms with Crippen LogP contribution in [0, 0.1) is 17.1 Å². The molecule has 10 heteroatoms. The first kappa shape index (κ1) is 15.6. The fourth-order valence-corrected chi connectivity index (χ4v) is 1.98. The first-order valence-corrected chi connectivity index (χ1v) is 6.54. The van der Waals surface area contributed by atoms with Gasteiger partial charge in [0.2, 0.25) is 5.82 Å². The van der Waals surface area contributed by atoms with Crippen molar-refractivity contribution in [2.24, 2.45) is 0 Å². The zero-order chi connectivity index (χ0) is 16.1. The summed E-state index contributed by atoms with van der Waals surface area (Å²) in [6.45, 7) is 0. The molecule has 0 aliphatic rings. The third-order valence-corrected chi connectivity index (χ3v) is 2.98. The number of carbonyl (C=O) groups is 1. The van der Waals surface area contributed by atoms with E-state index in [1.54, 1.807) is 0 Å². The molecule has 112 valence electrons. The molecule has 0 spiro atoms. The molecule has 1 aromatic heterocycles. The molecule has 0 unspecified atom stereocenters. The Labute approximate surface area is 132 Å². The summed E-state index contributed by atoms with van der Waals surface area (Å²) < 4.78 is 19.2. The molecule has 0 saturated heterocycles. The SMILES string of the molecule is COC(=O)c1cc(Br)cc(NC=C(C#N)c2nn[nH]n2)c1F. The maximum absolute atomic E-state index is 14.2. The van der Waals surface area contributed by atoms with E-state index in [1.165, 1.54) is 18.3 Å². The number of methoxy groups -OCH3 is 1. The maximum atomic E-state index is 14.2. The number of anilines is 1. The smallest absolute Gasteiger partial charge is 0.340 e. The van der Waals surface area contributed by atoms with Gasteiger partial charge < -0.3 is 10.1 Å². The molecule has 0 atom stereocenters. The molecule has 22 heavy (non-hydrogen) atoms. The molecule has 0 aliphatic carbocycles. The van der Waals surface area contributed by atoms with Gasteiger partial charge in [0.1, 0.15) is 11.6 Å². The van der Waals surface area contributed by atoms with Gasteiger partial charge in [0.25, 0.3) is 0 Å². The molecule has 0 fully saturated rings. The van der Waals surface area contributed by atoms with Crippen LogP contribution in [0.5, 0.6) is 0 Å². The van der Waals surface area contributed by atoms with Gasteiger partial charge in [-0.3, -0.25) is 0 Å². The highest BCUT2D eigenvalue weighted by molar-refractivity contribution is 9.10. The molecular formula is C12H8BrFN6O2. The van der Waals surface area contributed by atoms with Gasteiger partial charge in [0.05, 0.1) is 18.4 Å². The first-order chi connectivity index (χ1) is 10.6. The molecule has 2 rings (SSSR count). The number of aromatic nitrogens is 4. The second kappa shape index (κ2) is 6.77. The van der Waals surface area contributed by atoms with Crippen LogP contribution in [0.15, 0.2) is 22.8 Å². The summed E-state index contributed by atoms with van der Waals surface area (Å²) >= 11 is 3.17. The van der Waals surface area contributed by atoms with E-state index in [4.69, 9.17) is 5.26 Å². The van der Waals surface area contributed by atoms with Gasteiger partial charge in [0.15, 0.2) is 5.82 Å². The van der Waals surface area contributed by atoms with Crippen molar-refractivity contribution < 1.29 is 13.9 Å². The predicted octanol–water partition coefficient (Wildman–Crippen LogP) is 1.86. The van der Waals surface area contributed by atoms with Crippen molar-refractivity contribution in [3.05, 3.63) is 40.0 Å². The second-order valence-electron chi connectivity index (χ2n) is 3.86. The lowest BCUT2D eigenvalue weighted by Gasteiger charge is -2.08. The third kappa shape index (κ3) is 3.26. The topological polar surface area (TPSA) is 117 Å². The van der Waals surface area contributed by atoms with Gasteiger partial charge >= 0.3 is 5.97 Å². The number of nitrogens with zero attached hydrogens (tertiary/aromatic N) is 4. The number of aromatic amines is 1. The molecule has 0 amide bonds. The average molecular weight is 367 g/mol. The number of tetrazole rings is 1. The van der Waals surface area contributed by atoms with E-state index in [-0.39, 0.29) is 22.6 Å². The molecule has 2 aromatic rings. The number of rotatable bonds is 4. The van der Waals surface area contributed by atoms with Crippen molar-refractivity contribution in [1.82, 2.24) is 20.6 Å². The lowest BCUT2D eigenvalue weighted by molar-refractivity contribution is 0.0595. The zero-order valence-corrected chi connectivity index (χ0v) is 12.7. The van der Waals surface area contributed by atoms with Crippen molar-refractivity contribution in [2.45, 2.75) is 0 Å². The minimum absolute atomic E-state index is 0.0222. The largest absolute Gasteiger partial charge is 0.465 e. The molecule has 0 aliphatic heterocycles. The fourth-order valence-electron chi connectivity index (χ4n) is 1.53. The van der Waals surface area contributed by atoms with Crippen molar-refractivity contribution >= 4 is 33.2 Å². The van der Waals surface area contributed by atoms with Crippen LogP contribution in [-0.4, -0.2) is 33.7 Å². The Morgan fingerprint density at radius 2 is 2.36 bits per heavy atom. The molecular weight excluding hydrogens is 359 g/mol.